The van der Waals surface area contributed by atoms with Crippen molar-refractivity contribution < 1.29 is 9.59 Å². The maximum absolute atomic E-state index is 11.1. The van der Waals surface area contributed by atoms with E-state index in [0.29, 0.717) is 12.2 Å². The molecule has 0 aliphatic rings. The number of nitrogens with two attached hydrogens (primary N) is 1. The van der Waals surface area contributed by atoms with Crippen molar-refractivity contribution in [1.82, 2.24) is 5.32 Å². The average Bonchev–Trinajstić information content (AvgIpc) is 2.21. The fraction of sp³-hybridized carbons (Fsp3) is 0.800. The van der Waals surface area contributed by atoms with E-state index in [-0.39, 0.29) is 23.1 Å². The molecule has 94 valence electrons. The number of carbonyl (C=O) groups excluding carboxylic acids is 2. The lowest BCUT2D eigenvalue weighted by molar-refractivity contribution is -0.120. The van der Waals surface area contributed by atoms with Crippen LogP contribution in [0.3, 0.4) is 0 Å². The molecule has 0 aliphatic carbocycles. The number of hydrogen-bond donors (Lipinski definition) is 2. The predicted octanol–water partition coefficient (Wildman–Crippen LogP) is 0.851. The molecule has 4 nitrogen and oxygen atoms in total. The normalized spacial score (nSPS) is 12.8. The van der Waals surface area contributed by atoms with Gasteiger partial charge in [-0.2, -0.15) is 11.8 Å². The smallest absolute Gasteiger partial charge is 0.234 e. The SMILES string of the molecule is CSC(=O)CSCCC(NC(C)C)C(N)=O. The first kappa shape index (κ1) is 15.8. The van der Waals surface area contributed by atoms with Gasteiger partial charge in [0, 0.05) is 6.04 Å². The van der Waals surface area contributed by atoms with E-state index >= 15 is 0 Å². The van der Waals surface area contributed by atoms with Crippen molar-refractivity contribution in [1.29, 1.82) is 0 Å². The lowest BCUT2D eigenvalue weighted by atomic mass is 10.2. The first-order valence-corrected chi connectivity index (χ1v) is 7.55. The lowest BCUT2D eigenvalue weighted by Crippen LogP contribution is -2.44. The van der Waals surface area contributed by atoms with E-state index in [1.165, 1.54) is 11.8 Å². The Kier molecular flexibility index (Phi) is 8.78. The summed E-state index contributed by atoms with van der Waals surface area (Å²) in [7, 11) is 0. The van der Waals surface area contributed by atoms with Crippen LogP contribution in [0, 0.1) is 0 Å². The van der Waals surface area contributed by atoms with Gasteiger partial charge in [-0.15, -0.1) is 0 Å². The predicted molar refractivity (Wildman–Crippen MR) is 71.7 cm³/mol. The molecular weight excluding hydrogens is 244 g/mol. The number of hydrogen-bond acceptors (Lipinski definition) is 5. The van der Waals surface area contributed by atoms with E-state index in [1.54, 1.807) is 18.0 Å². The van der Waals surface area contributed by atoms with Crippen molar-refractivity contribution >= 4 is 34.5 Å². The number of carbonyl (C=O) groups is 2. The monoisotopic (exact) mass is 264 g/mol. The minimum atomic E-state index is -0.328. The topological polar surface area (TPSA) is 72.2 Å². The number of amides is 1. The third-order valence-corrected chi connectivity index (χ3v) is 3.65. The van der Waals surface area contributed by atoms with E-state index < -0.39 is 0 Å². The first-order chi connectivity index (χ1) is 7.47. The molecule has 0 bridgehead atoms. The summed E-state index contributed by atoms with van der Waals surface area (Å²) >= 11 is 2.77. The highest BCUT2D eigenvalue weighted by atomic mass is 32.2. The third kappa shape index (κ3) is 8.01. The van der Waals surface area contributed by atoms with E-state index in [1.807, 2.05) is 13.8 Å². The van der Waals surface area contributed by atoms with Crippen LogP contribution in [0.4, 0.5) is 0 Å². The zero-order valence-corrected chi connectivity index (χ0v) is 11.6. The Labute approximate surface area is 105 Å². The van der Waals surface area contributed by atoms with Crippen LogP contribution in [-0.2, 0) is 9.59 Å². The first-order valence-electron chi connectivity index (χ1n) is 5.17. The van der Waals surface area contributed by atoms with Crippen molar-refractivity contribution in [2.75, 3.05) is 17.8 Å². The van der Waals surface area contributed by atoms with Crippen LogP contribution in [0.25, 0.3) is 0 Å². The molecule has 6 heteroatoms. The molecule has 3 N–H and O–H groups in total. The second kappa shape index (κ2) is 8.90. The standard InChI is InChI=1S/C10H20N2O2S2/c1-7(2)12-8(10(11)14)4-5-16-6-9(13)15-3/h7-8,12H,4-6H2,1-3H3,(H2,11,14). The van der Waals surface area contributed by atoms with Gasteiger partial charge in [0.05, 0.1) is 11.8 Å². The van der Waals surface area contributed by atoms with Gasteiger partial charge in [-0.1, -0.05) is 25.6 Å². The van der Waals surface area contributed by atoms with Gasteiger partial charge in [-0.25, -0.2) is 0 Å². The zero-order chi connectivity index (χ0) is 12.6. The molecule has 0 aromatic carbocycles. The van der Waals surface area contributed by atoms with Crippen LogP contribution in [0.2, 0.25) is 0 Å². The van der Waals surface area contributed by atoms with Crippen molar-refractivity contribution in [3.8, 4) is 0 Å². The molecule has 0 heterocycles. The van der Waals surface area contributed by atoms with Gasteiger partial charge < -0.3 is 11.1 Å². The highest BCUT2D eigenvalue weighted by Gasteiger charge is 2.15. The van der Waals surface area contributed by atoms with Gasteiger partial charge in [0.25, 0.3) is 0 Å². The molecule has 0 saturated heterocycles. The van der Waals surface area contributed by atoms with Crippen molar-refractivity contribution in [3.05, 3.63) is 0 Å². The fourth-order valence-electron chi connectivity index (χ4n) is 1.13. The van der Waals surface area contributed by atoms with Gasteiger partial charge in [-0.05, 0) is 18.4 Å². The fourth-order valence-corrected chi connectivity index (χ4v) is 2.56. The molecular formula is C10H20N2O2S2. The summed E-state index contributed by atoms with van der Waals surface area (Å²) in [5.74, 6) is 0.930. The van der Waals surface area contributed by atoms with Crippen molar-refractivity contribution in [2.45, 2.75) is 32.4 Å². The van der Waals surface area contributed by atoms with Gasteiger partial charge in [0.2, 0.25) is 5.91 Å². The van der Waals surface area contributed by atoms with Gasteiger partial charge in [-0.3, -0.25) is 9.59 Å². The summed E-state index contributed by atoms with van der Waals surface area (Å²) in [5, 5.41) is 3.27. The average molecular weight is 264 g/mol. The lowest BCUT2D eigenvalue weighted by Gasteiger charge is -2.17. The molecule has 16 heavy (non-hydrogen) atoms. The highest BCUT2D eigenvalue weighted by Crippen LogP contribution is 2.09. The largest absolute Gasteiger partial charge is 0.368 e. The number of rotatable bonds is 8. The quantitative estimate of drug-likeness (QED) is 0.636. The van der Waals surface area contributed by atoms with Crippen LogP contribution in [0.5, 0.6) is 0 Å². The Hall–Kier alpha value is -0.200. The van der Waals surface area contributed by atoms with E-state index in [2.05, 4.69) is 5.32 Å². The molecule has 0 aromatic heterocycles. The summed E-state index contributed by atoms with van der Waals surface area (Å²) in [6.07, 6.45) is 2.44. The molecule has 1 amide bonds. The van der Waals surface area contributed by atoms with Crippen LogP contribution >= 0.6 is 23.5 Å². The van der Waals surface area contributed by atoms with Crippen LogP contribution in [-0.4, -0.2) is 40.9 Å². The molecule has 1 unspecified atom stereocenters. The molecule has 0 radical (unpaired) electrons. The highest BCUT2D eigenvalue weighted by molar-refractivity contribution is 8.15. The van der Waals surface area contributed by atoms with Crippen LogP contribution < -0.4 is 11.1 Å². The van der Waals surface area contributed by atoms with E-state index in [0.717, 1.165) is 5.75 Å². The Morgan fingerprint density at radius 1 is 1.38 bits per heavy atom. The molecule has 0 fully saturated rings. The van der Waals surface area contributed by atoms with Crippen LogP contribution in [0.15, 0.2) is 0 Å². The summed E-state index contributed by atoms with van der Waals surface area (Å²) in [5.41, 5.74) is 5.27. The van der Waals surface area contributed by atoms with Gasteiger partial charge in [0.1, 0.15) is 0 Å². The van der Waals surface area contributed by atoms with Crippen molar-refractivity contribution in [2.24, 2.45) is 5.73 Å². The maximum Gasteiger partial charge on any atom is 0.234 e. The molecule has 0 saturated carbocycles. The summed E-state index contributed by atoms with van der Waals surface area (Å²) in [4.78, 5) is 22.1. The van der Waals surface area contributed by atoms with Gasteiger partial charge >= 0.3 is 0 Å². The second-order valence-corrected chi connectivity index (χ2v) is 5.66. The number of nitrogens with one attached hydrogen (secondary N) is 1. The summed E-state index contributed by atoms with van der Waals surface area (Å²) < 4.78 is 0. The Balaban J connectivity index is 3.77. The number of primary amides is 1. The minimum absolute atomic E-state index is 0.164. The maximum atomic E-state index is 11.1. The summed E-state index contributed by atoms with van der Waals surface area (Å²) in [6.45, 7) is 3.95. The number of thioether (sulfide) groups is 2. The van der Waals surface area contributed by atoms with Gasteiger partial charge in [0.15, 0.2) is 5.12 Å². The summed E-state index contributed by atoms with van der Waals surface area (Å²) in [6, 6.07) is -0.0628. The van der Waals surface area contributed by atoms with E-state index in [4.69, 9.17) is 5.73 Å². The minimum Gasteiger partial charge on any atom is -0.368 e. The molecule has 0 aliphatic heterocycles. The Morgan fingerprint density at radius 3 is 2.44 bits per heavy atom. The van der Waals surface area contributed by atoms with Crippen LogP contribution in [0.1, 0.15) is 20.3 Å². The Bertz CT molecular complexity index is 235. The zero-order valence-electron chi connectivity index (χ0n) is 9.99. The molecule has 0 rings (SSSR count). The van der Waals surface area contributed by atoms with E-state index in [9.17, 15) is 9.59 Å². The second-order valence-electron chi connectivity index (χ2n) is 3.69. The molecule has 0 spiro atoms. The Morgan fingerprint density at radius 2 is 2.00 bits per heavy atom. The van der Waals surface area contributed by atoms with Crippen molar-refractivity contribution in [3.63, 3.8) is 0 Å². The molecule has 1 atom stereocenters. The molecule has 0 aromatic rings. The third-order valence-electron chi connectivity index (χ3n) is 1.88.